The molecule has 6 nitrogen and oxygen atoms in total. The number of nitrogens with one attached hydrogen (secondary N) is 2. The molecule has 94 valence electrons. The van der Waals surface area contributed by atoms with Crippen LogP contribution in [0.25, 0.3) is 0 Å². The van der Waals surface area contributed by atoms with Gasteiger partial charge in [0.25, 0.3) is 0 Å². The molecule has 0 aromatic carbocycles. The summed E-state index contributed by atoms with van der Waals surface area (Å²) in [6.45, 7) is 3.11. The van der Waals surface area contributed by atoms with Gasteiger partial charge in [-0.05, 0) is 13.3 Å². The smallest absolute Gasteiger partial charge is 0.237 e. The van der Waals surface area contributed by atoms with Gasteiger partial charge in [-0.3, -0.25) is 4.79 Å². The predicted octanol–water partition coefficient (Wildman–Crippen LogP) is -0.895. The highest BCUT2D eigenvalue weighted by molar-refractivity contribution is 7.93. The monoisotopic (exact) mass is 267 g/mol. The number of hydrogen-bond acceptors (Lipinski definition) is 4. The molecule has 2 unspecified atom stereocenters. The lowest BCUT2D eigenvalue weighted by Gasteiger charge is -2.18. The van der Waals surface area contributed by atoms with Crippen LogP contribution in [0.15, 0.2) is 0 Å². The lowest BCUT2D eigenvalue weighted by atomic mass is 10.3. The quantitative estimate of drug-likeness (QED) is 0.542. The van der Waals surface area contributed by atoms with Gasteiger partial charge in [-0.1, -0.05) is 19.1 Å². The maximum absolute atomic E-state index is 11.8. The van der Waals surface area contributed by atoms with Crippen LogP contribution < -0.4 is 15.8 Å². The Bertz CT molecular complexity index is 367. The first-order valence-electron chi connectivity index (χ1n) is 4.78. The standard InChI is InChI=1S/C8H17N3O3S2/c1-4-6(7(9)15)16(13,14)11-5(2)8(12)10-3/h5-6,11H,4H2,1-3H3,(H2,9,15)(H,10,12). The first-order valence-corrected chi connectivity index (χ1v) is 6.73. The summed E-state index contributed by atoms with van der Waals surface area (Å²) in [5, 5.41) is 1.39. The van der Waals surface area contributed by atoms with Gasteiger partial charge in [0.15, 0.2) is 0 Å². The highest BCUT2D eigenvalue weighted by Gasteiger charge is 2.29. The minimum absolute atomic E-state index is 0.0980. The summed E-state index contributed by atoms with van der Waals surface area (Å²) in [5.41, 5.74) is 5.33. The summed E-state index contributed by atoms with van der Waals surface area (Å²) in [6, 6.07) is -0.849. The highest BCUT2D eigenvalue weighted by Crippen LogP contribution is 2.05. The largest absolute Gasteiger partial charge is 0.392 e. The van der Waals surface area contributed by atoms with Gasteiger partial charge in [0.05, 0.1) is 11.0 Å². The van der Waals surface area contributed by atoms with E-state index in [9.17, 15) is 13.2 Å². The molecule has 0 aliphatic rings. The molecule has 0 aliphatic carbocycles. The number of carbonyl (C=O) groups excluding carboxylic acids is 1. The zero-order valence-electron chi connectivity index (χ0n) is 9.48. The zero-order valence-corrected chi connectivity index (χ0v) is 11.1. The van der Waals surface area contributed by atoms with Gasteiger partial charge in [-0.25, -0.2) is 13.1 Å². The third-order valence-corrected chi connectivity index (χ3v) is 4.50. The predicted molar refractivity (Wildman–Crippen MR) is 66.4 cm³/mol. The molecule has 8 heteroatoms. The molecule has 0 spiro atoms. The molecule has 0 bridgehead atoms. The number of thiocarbonyl (C=S) groups is 1. The average Bonchev–Trinajstić information content (AvgIpc) is 2.15. The number of hydrogen-bond donors (Lipinski definition) is 3. The second kappa shape index (κ2) is 6.12. The zero-order chi connectivity index (χ0) is 12.9. The Hall–Kier alpha value is -0.730. The summed E-state index contributed by atoms with van der Waals surface area (Å²) < 4.78 is 25.8. The lowest BCUT2D eigenvalue weighted by Crippen LogP contribution is -2.49. The Morgan fingerprint density at radius 3 is 2.31 bits per heavy atom. The van der Waals surface area contributed by atoms with Crippen molar-refractivity contribution >= 4 is 33.1 Å². The molecule has 0 aromatic rings. The molecule has 0 radical (unpaired) electrons. The fourth-order valence-electron chi connectivity index (χ4n) is 1.17. The molecule has 2 atom stereocenters. The molecular weight excluding hydrogens is 250 g/mol. The summed E-state index contributed by atoms with van der Waals surface area (Å²) in [7, 11) is -2.27. The number of nitrogens with two attached hydrogens (primary N) is 1. The van der Waals surface area contributed by atoms with E-state index in [1.54, 1.807) is 6.92 Å². The first-order chi connectivity index (χ1) is 7.26. The third-order valence-electron chi connectivity index (χ3n) is 2.04. The average molecular weight is 267 g/mol. The van der Waals surface area contributed by atoms with E-state index in [1.807, 2.05) is 0 Å². The minimum atomic E-state index is -3.70. The van der Waals surface area contributed by atoms with Crippen LogP contribution >= 0.6 is 12.2 Å². The van der Waals surface area contributed by atoms with Crippen LogP contribution in [-0.4, -0.2) is 37.7 Å². The Balaban J connectivity index is 4.81. The molecule has 0 aliphatic heterocycles. The Labute approximate surface area is 101 Å². The van der Waals surface area contributed by atoms with E-state index in [1.165, 1.54) is 14.0 Å². The number of sulfonamides is 1. The molecule has 1 amide bonds. The maximum atomic E-state index is 11.8. The van der Waals surface area contributed by atoms with E-state index in [-0.39, 0.29) is 11.4 Å². The van der Waals surface area contributed by atoms with Crippen LogP contribution in [-0.2, 0) is 14.8 Å². The van der Waals surface area contributed by atoms with Gasteiger partial charge >= 0.3 is 0 Å². The van der Waals surface area contributed by atoms with Crippen molar-refractivity contribution in [3.8, 4) is 0 Å². The van der Waals surface area contributed by atoms with Gasteiger partial charge in [-0.2, -0.15) is 0 Å². The van der Waals surface area contributed by atoms with Crippen molar-refractivity contribution in [3.05, 3.63) is 0 Å². The van der Waals surface area contributed by atoms with E-state index in [0.29, 0.717) is 0 Å². The molecule has 0 fully saturated rings. The second-order valence-corrected chi connectivity index (χ2v) is 5.66. The summed E-state index contributed by atoms with van der Waals surface area (Å²) >= 11 is 4.67. The highest BCUT2D eigenvalue weighted by atomic mass is 32.2. The summed E-state index contributed by atoms with van der Waals surface area (Å²) in [5.74, 6) is -0.415. The van der Waals surface area contributed by atoms with Crippen molar-refractivity contribution in [3.63, 3.8) is 0 Å². The molecule has 0 heterocycles. The molecule has 0 aromatic heterocycles. The number of carbonyl (C=O) groups is 1. The molecule has 0 rings (SSSR count). The normalized spacial score (nSPS) is 15.2. The maximum Gasteiger partial charge on any atom is 0.237 e. The van der Waals surface area contributed by atoms with Gasteiger partial charge in [0.2, 0.25) is 15.9 Å². The van der Waals surface area contributed by atoms with Crippen molar-refractivity contribution in [2.75, 3.05) is 7.05 Å². The molecular formula is C8H17N3O3S2. The van der Waals surface area contributed by atoms with Crippen molar-refractivity contribution in [1.29, 1.82) is 0 Å². The van der Waals surface area contributed by atoms with Gasteiger partial charge in [0, 0.05) is 7.05 Å². The molecule has 4 N–H and O–H groups in total. The number of amides is 1. The van der Waals surface area contributed by atoms with Crippen LogP contribution in [0.2, 0.25) is 0 Å². The van der Waals surface area contributed by atoms with E-state index in [2.05, 4.69) is 22.3 Å². The number of likely N-dealkylation sites (N-methyl/N-ethyl adjacent to an activating group) is 1. The van der Waals surface area contributed by atoms with Gasteiger partial charge in [0.1, 0.15) is 5.25 Å². The summed E-state index contributed by atoms with van der Waals surface area (Å²) in [6.07, 6.45) is 0.269. The number of rotatable bonds is 6. The van der Waals surface area contributed by atoms with E-state index >= 15 is 0 Å². The fourth-order valence-corrected chi connectivity index (χ4v) is 3.23. The van der Waals surface area contributed by atoms with E-state index < -0.39 is 27.2 Å². The molecule has 16 heavy (non-hydrogen) atoms. The SMILES string of the molecule is CCC(C(N)=S)S(=O)(=O)NC(C)C(=O)NC. The van der Waals surface area contributed by atoms with Crippen LogP contribution in [0.3, 0.4) is 0 Å². The van der Waals surface area contributed by atoms with Gasteiger partial charge < -0.3 is 11.1 Å². The van der Waals surface area contributed by atoms with Crippen LogP contribution in [0.5, 0.6) is 0 Å². The molecule has 0 saturated heterocycles. The van der Waals surface area contributed by atoms with E-state index in [0.717, 1.165) is 0 Å². The Morgan fingerprint density at radius 1 is 1.50 bits per heavy atom. The van der Waals surface area contributed by atoms with Crippen LogP contribution in [0.1, 0.15) is 20.3 Å². The Morgan fingerprint density at radius 2 is 2.00 bits per heavy atom. The fraction of sp³-hybridized carbons (Fsp3) is 0.750. The van der Waals surface area contributed by atoms with Crippen LogP contribution in [0.4, 0.5) is 0 Å². The van der Waals surface area contributed by atoms with Crippen LogP contribution in [0, 0.1) is 0 Å². The lowest BCUT2D eigenvalue weighted by molar-refractivity contribution is -0.121. The summed E-state index contributed by atoms with van der Waals surface area (Å²) in [4.78, 5) is 11.1. The van der Waals surface area contributed by atoms with Crippen molar-refractivity contribution < 1.29 is 13.2 Å². The van der Waals surface area contributed by atoms with Crippen molar-refractivity contribution in [1.82, 2.24) is 10.0 Å². The van der Waals surface area contributed by atoms with Crippen molar-refractivity contribution in [2.24, 2.45) is 5.73 Å². The Kier molecular flexibility index (Phi) is 5.84. The van der Waals surface area contributed by atoms with E-state index in [4.69, 9.17) is 5.73 Å². The van der Waals surface area contributed by atoms with Crippen molar-refractivity contribution in [2.45, 2.75) is 31.6 Å². The second-order valence-electron chi connectivity index (χ2n) is 3.30. The van der Waals surface area contributed by atoms with Gasteiger partial charge in [-0.15, -0.1) is 0 Å². The third kappa shape index (κ3) is 4.03. The topological polar surface area (TPSA) is 101 Å². The molecule has 0 saturated carbocycles. The minimum Gasteiger partial charge on any atom is -0.392 e. The first kappa shape index (κ1) is 15.3.